The molecule has 0 N–H and O–H groups in total. The van der Waals surface area contributed by atoms with E-state index < -0.39 is 11.7 Å². The topological polar surface area (TPSA) is 89.5 Å². The average Bonchev–Trinajstić information content (AvgIpc) is 2.95. The third-order valence-electron chi connectivity index (χ3n) is 3.13. The van der Waals surface area contributed by atoms with E-state index in [4.69, 9.17) is 4.74 Å². The van der Waals surface area contributed by atoms with Crippen LogP contribution in [-0.4, -0.2) is 28.3 Å². The maximum atomic E-state index is 12.5. The Morgan fingerprint density at radius 1 is 1.27 bits per heavy atom. The highest BCUT2D eigenvalue weighted by Crippen LogP contribution is 2.32. The number of amidine groups is 1. The van der Waals surface area contributed by atoms with Crippen LogP contribution in [0.25, 0.3) is 5.70 Å². The molecule has 0 aliphatic carbocycles. The van der Waals surface area contributed by atoms with E-state index in [1.54, 1.807) is 45.0 Å². The molecule has 0 saturated carbocycles. The number of aliphatic imine (C=N–C) groups is 1. The van der Waals surface area contributed by atoms with Crippen LogP contribution in [0.4, 0.5) is 4.79 Å². The molecule has 0 aromatic heterocycles. The van der Waals surface area contributed by atoms with Crippen LogP contribution < -0.4 is 0 Å². The first kappa shape index (κ1) is 19.3. The highest BCUT2D eigenvalue weighted by Gasteiger charge is 2.32. The van der Waals surface area contributed by atoms with E-state index in [1.807, 2.05) is 18.2 Å². The molecule has 1 aliphatic rings. The number of ether oxygens (including phenoxy) is 1. The summed E-state index contributed by atoms with van der Waals surface area (Å²) < 4.78 is 5.41. The Bertz CT molecular complexity index is 852. The molecule has 6 nitrogen and oxygen atoms in total. The van der Waals surface area contributed by atoms with Crippen molar-refractivity contribution >= 4 is 28.7 Å². The number of thioether (sulfide) groups is 1. The SMILES string of the molecule is C=C1CN(C(=O)OC(C)(C)C)C(=NC(=C(C#N)C#N)c2ccccc2)S1. The number of carbonyl (C=O) groups is 1. The zero-order chi connectivity index (χ0) is 19.3. The first-order valence-corrected chi connectivity index (χ1v) is 8.61. The molecule has 0 atom stereocenters. The second-order valence-electron chi connectivity index (χ2n) is 6.41. The number of hydrogen-bond donors (Lipinski definition) is 0. The quantitative estimate of drug-likeness (QED) is 0.728. The van der Waals surface area contributed by atoms with Crippen molar-refractivity contribution in [3.05, 3.63) is 53.0 Å². The number of nitriles is 2. The molecule has 1 aliphatic heterocycles. The van der Waals surface area contributed by atoms with Gasteiger partial charge in [-0.2, -0.15) is 10.5 Å². The van der Waals surface area contributed by atoms with Crippen molar-refractivity contribution in [1.29, 1.82) is 10.5 Å². The molecule has 1 saturated heterocycles. The minimum Gasteiger partial charge on any atom is -0.443 e. The summed E-state index contributed by atoms with van der Waals surface area (Å²) in [6.07, 6.45) is -0.551. The smallest absolute Gasteiger partial charge is 0.416 e. The molecule has 1 fully saturated rings. The number of hydrogen-bond acceptors (Lipinski definition) is 6. The summed E-state index contributed by atoms with van der Waals surface area (Å²) in [6.45, 7) is 9.47. The average molecular weight is 366 g/mol. The molecule has 2 rings (SSSR count). The monoisotopic (exact) mass is 366 g/mol. The first-order chi connectivity index (χ1) is 12.2. The maximum Gasteiger partial charge on any atom is 0.416 e. The van der Waals surface area contributed by atoms with Crippen LogP contribution in [-0.2, 0) is 4.74 Å². The Hall–Kier alpha value is -3.03. The van der Waals surface area contributed by atoms with Gasteiger partial charge in [-0.1, -0.05) is 48.7 Å². The van der Waals surface area contributed by atoms with Gasteiger partial charge in [-0.3, -0.25) is 4.90 Å². The van der Waals surface area contributed by atoms with Gasteiger partial charge in [0.2, 0.25) is 0 Å². The van der Waals surface area contributed by atoms with E-state index in [2.05, 4.69) is 11.6 Å². The van der Waals surface area contributed by atoms with Gasteiger partial charge in [-0.05, 0) is 20.8 Å². The van der Waals surface area contributed by atoms with Gasteiger partial charge in [0.1, 0.15) is 23.4 Å². The highest BCUT2D eigenvalue weighted by molar-refractivity contribution is 8.17. The molecule has 0 spiro atoms. The predicted molar refractivity (Wildman–Crippen MR) is 102 cm³/mol. The Labute approximate surface area is 157 Å². The summed E-state index contributed by atoms with van der Waals surface area (Å²) >= 11 is 1.22. The number of amides is 1. The number of allylic oxidation sites excluding steroid dienone is 1. The Balaban J connectivity index is 2.50. The van der Waals surface area contributed by atoms with Crippen molar-refractivity contribution in [3.8, 4) is 12.1 Å². The standard InChI is InChI=1S/C19H18N4O2S/c1-13-12-23(18(24)25-19(2,3)4)17(26-13)22-16(15(10-20)11-21)14-8-6-5-7-9-14/h5-9H,1,12H2,2-4H3. The molecular formula is C19H18N4O2S. The fourth-order valence-corrected chi connectivity index (χ4v) is 2.93. The van der Waals surface area contributed by atoms with Gasteiger partial charge in [-0.25, -0.2) is 9.79 Å². The van der Waals surface area contributed by atoms with Gasteiger partial charge in [0.15, 0.2) is 10.7 Å². The number of benzene rings is 1. The molecular weight excluding hydrogens is 348 g/mol. The molecule has 1 aromatic carbocycles. The summed E-state index contributed by atoms with van der Waals surface area (Å²) in [6, 6.07) is 12.6. The fourth-order valence-electron chi connectivity index (χ4n) is 2.09. The van der Waals surface area contributed by atoms with Crippen LogP contribution >= 0.6 is 11.8 Å². The van der Waals surface area contributed by atoms with Crippen molar-refractivity contribution in [2.45, 2.75) is 26.4 Å². The fraction of sp³-hybridized carbons (Fsp3) is 0.263. The second kappa shape index (κ2) is 7.90. The lowest BCUT2D eigenvalue weighted by Gasteiger charge is -2.24. The molecule has 26 heavy (non-hydrogen) atoms. The summed E-state index contributed by atoms with van der Waals surface area (Å²) in [5, 5.41) is 18.9. The summed E-state index contributed by atoms with van der Waals surface area (Å²) in [7, 11) is 0. The Morgan fingerprint density at radius 3 is 2.42 bits per heavy atom. The third-order valence-corrected chi connectivity index (χ3v) is 4.04. The zero-order valence-corrected chi connectivity index (χ0v) is 15.6. The molecule has 7 heteroatoms. The summed E-state index contributed by atoms with van der Waals surface area (Å²) in [4.78, 5) is 19.0. The van der Waals surface area contributed by atoms with Crippen LogP contribution in [0, 0.1) is 22.7 Å². The van der Waals surface area contributed by atoms with Gasteiger partial charge < -0.3 is 4.74 Å². The van der Waals surface area contributed by atoms with E-state index in [1.165, 1.54) is 16.7 Å². The lowest BCUT2D eigenvalue weighted by atomic mass is 10.1. The lowest BCUT2D eigenvalue weighted by molar-refractivity contribution is 0.0391. The minimum atomic E-state index is -0.653. The van der Waals surface area contributed by atoms with Gasteiger partial charge in [0.25, 0.3) is 0 Å². The van der Waals surface area contributed by atoms with Gasteiger partial charge in [0, 0.05) is 10.5 Å². The van der Waals surface area contributed by atoms with Crippen LogP contribution in [0.15, 0.2) is 52.4 Å². The van der Waals surface area contributed by atoms with Crippen LogP contribution in [0.3, 0.4) is 0 Å². The van der Waals surface area contributed by atoms with Crippen LogP contribution in [0.1, 0.15) is 26.3 Å². The largest absolute Gasteiger partial charge is 0.443 e. The number of rotatable bonds is 2. The summed E-state index contributed by atoms with van der Waals surface area (Å²) in [5.41, 5.74) is 0.0342. The van der Waals surface area contributed by atoms with Crippen molar-refractivity contribution in [2.75, 3.05) is 6.54 Å². The normalized spacial score (nSPS) is 15.3. The molecule has 132 valence electrons. The molecule has 1 aromatic rings. The minimum absolute atomic E-state index is 0.133. The van der Waals surface area contributed by atoms with Crippen molar-refractivity contribution < 1.29 is 9.53 Å². The van der Waals surface area contributed by atoms with E-state index in [0.717, 1.165) is 4.91 Å². The first-order valence-electron chi connectivity index (χ1n) is 7.80. The molecule has 1 amide bonds. The molecule has 1 heterocycles. The van der Waals surface area contributed by atoms with E-state index >= 15 is 0 Å². The van der Waals surface area contributed by atoms with Crippen molar-refractivity contribution in [2.24, 2.45) is 4.99 Å². The Morgan fingerprint density at radius 2 is 1.88 bits per heavy atom. The van der Waals surface area contributed by atoms with E-state index in [-0.39, 0.29) is 17.8 Å². The van der Waals surface area contributed by atoms with E-state index in [9.17, 15) is 15.3 Å². The van der Waals surface area contributed by atoms with Crippen LogP contribution in [0.2, 0.25) is 0 Å². The Kier molecular flexibility index (Phi) is 5.86. The van der Waals surface area contributed by atoms with Crippen molar-refractivity contribution in [1.82, 2.24) is 4.90 Å². The highest BCUT2D eigenvalue weighted by atomic mass is 32.2. The van der Waals surface area contributed by atoms with Crippen LogP contribution in [0.5, 0.6) is 0 Å². The zero-order valence-electron chi connectivity index (χ0n) is 14.8. The molecule has 0 bridgehead atoms. The van der Waals surface area contributed by atoms with Gasteiger partial charge in [-0.15, -0.1) is 0 Å². The predicted octanol–water partition coefficient (Wildman–Crippen LogP) is 4.30. The summed E-state index contributed by atoms with van der Waals surface area (Å²) in [5.74, 6) is 0. The number of carbonyl (C=O) groups excluding carboxylic acids is 1. The maximum absolute atomic E-state index is 12.5. The van der Waals surface area contributed by atoms with Gasteiger partial charge >= 0.3 is 6.09 Å². The molecule has 0 unspecified atom stereocenters. The number of nitrogens with zero attached hydrogens (tertiary/aromatic N) is 4. The van der Waals surface area contributed by atoms with Gasteiger partial charge in [0.05, 0.1) is 6.54 Å². The van der Waals surface area contributed by atoms with E-state index in [0.29, 0.717) is 10.7 Å². The van der Waals surface area contributed by atoms with Crippen molar-refractivity contribution in [3.63, 3.8) is 0 Å². The molecule has 0 radical (unpaired) electrons. The third kappa shape index (κ3) is 4.75. The second-order valence-corrected chi connectivity index (χ2v) is 7.56. The lowest BCUT2D eigenvalue weighted by Crippen LogP contribution is -2.37.